The molecule has 0 spiro atoms. The number of aromatic nitrogens is 2. The zero-order chi connectivity index (χ0) is 18.7. The van der Waals surface area contributed by atoms with Crippen molar-refractivity contribution < 1.29 is 9.72 Å². The van der Waals surface area contributed by atoms with Crippen LogP contribution >= 0.6 is 0 Å². The number of nitrogens with zero attached hydrogens (tertiary/aromatic N) is 4. The molecule has 2 heterocycles. The van der Waals surface area contributed by atoms with Crippen molar-refractivity contribution in [1.29, 1.82) is 0 Å². The molecule has 0 saturated carbocycles. The van der Waals surface area contributed by atoms with Crippen LogP contribution in [0.3, 0.4) is 0 Å². The smallest absolute Gasteiger partial charge is 0.287 e. The Labute approximate surface area is 149 Å². The topological polar surface area (TPSA) is 110 Å². The zero-order valence-electron chi connectivity index (χ0n) is 14.3. The highest BCUT2D eigenvalue weighted by Gasteiger charge is 2.21. The predicted octanol–water partition coefficient (Wildman–Crippen LogP) is 1.58. The van der Waals surface area contributed by atoms with E-state index >= 15 is 0 Å². The lowest BCUT2D eigenvalue weighted by atomic mass is 10.2. The minimum atomic E-state index is -0.607. The standard InChI is InChI=1S/C17H19N5O4/c1-12-11-15(23)16(17(24)19-20-9-5-2-6-10-20)18-21(12)13-7-3-4-8-14(13)22(25)26/h3-4,7-8,11H,2,5-6,9-10H2,1H3,(H,19,24). The van der Waals surface area contributed by atoms with Gasteiger partial charge in [-0.1, -0.05) is 18.6 Å². The summed E-state index contributed by atoms with van der Waals surface area (Å²) in [6, 6.07) is 7.31. The van der Waals surface area contributed by atoms with E-state index in [9.17, 15) is 19.7 Å². The van der Waals surface area contributed by atoms with Crippen molar-refractivity contribution in [3.8, 4) is 5.69 Å². The molecule has 9 nitrogen and oxygen atoms in total. The lowest BCUT2D eigenvalue weighted by molar-refractivity contribution is -0.384. The van der Waals surface area contributed by atoms with E-state index in [0.29, 0.717) is 5.69 Å². The first-order valence-corrected chi connectivity index (χ1v) is 8.38. The van der Waals surface area contributed by atoms with Crippen LogP contribution in [0, 0.1) is 17.0 Å². The van der Waals surface area contributed by atoms with E-state index in [1.54, 1.807) is 24.1 Å². The molecule has 1 aliphatic heterocycles. The number of hydrogen-bond acceptors (Lipinski definition) is 6. The Hall–Kier alpha value is -3.07. The molecule has 1 aliphatic rings. The SMILES string of the molecule is Cc1cc(=O)c(C(=O)NN2CCCCC2)nn1-c1ccccc1[N+](=O)[O-]. The second-order valence-electron chi connectivity index (χ2n) is 6.14. The number of para-hydroxylation sites is 2. The number of rotatable bonds is 4. The predicted molar refractivity (Wildman–Crippen MR) is 94.1 cm³/mol. The highest BCUT2D eigenvalue weighted by molar-refractivity contribution is 5.91. The van der Waals surface area contributed by atoms with E-state index in [4.69, 9.17) is 0 Å². The van der Waals surface area contributed by atoms with Crippen molar-refractivity contribution in [1.82, 2.24) is 20.2 Å². The normalized spacial score (nSPS) is 14.8. The number of piperidine rings is 1. The van der Waals surface area contributed by atoms with Gasteiger partial charge < -0.3 is 0 Å². The third kappa shape index (κ3) is 3.62. The molecule has 0 aliphatic carbocycles. The number of carbonyl (C=O) groups is 1. The molecular formula is C17H19N5O4. The Morgan fingerprint density at radius 1 is 1.23 bits per heavy atom. The molecule has 0 radical (unpaired) electrons. The van der Waals surface area contributed by atoms with Crippen molar-refractivity contribution in [2.75, 3.05) is 13.1 Å². The molecule has 136 valence electrons. The average Bonchev–Trinajstić information content (AvgIpc) is 2.62. The second-order valence-corrected chi connectivity index (χ2v) is 6.14. The van der Waals surface area contributed by atoms with E-state index < -0.39 is 16.3 Å². The van der Waals surface area contributed by atoms with Gasteiger partial charge in [0.1, 0.15) is 5.69 Å². The molecule has 0 unspecified atom stereocenters. The fraction of sp³-hybridized carbons (Fsp3) is 0.353. The summed E-state index contributed by atoms with van der Waals surface area (Å²) < 4.78 is 1.25. The van der Waals surface area contributed by atoms with Gasteiger partial charge in [-0.15, -0.1) is 0 Å². The Balaban J connectivity index is 1.99. The van der Waals surface area contributed by atoms with E-state index in [-0.39, 0.29) is 17.1 Å². The van der Waals surface area contributed by atoms with Gasteiger partial charge in [-0.3, -0.25) is 25.1 Å². The van der Waals surface area contributed by atoms with Crippen LogP contribution in [0.25, 0.3) is 5.69 Å². The molecule has 9 heteroatoms. The Morgan fingerprint density at radius 2 is 1.92 bits per heavy atom. The van der Waals surface area contributed by atoms with E-state index in [1.807, 2.05) is 0 Å². The molecule has 1 amide bonds. The van der Waals surface area contributed by atoms with Crippen molar-refractivity contribution in [3.05, 3.63) is 62.1 Å². The van der Waals surface area contributed by atoms with Gasteiger partial charge in [-0.05, 0) is 25.8 Å². The number of aryl methyl sites for hydroxylation is 1. The second kappa shape index (κ2) is 7.44. The maximum atomic E-state index is 12.5. The summed E-state index contributed by atoms with van der Waals surface area (Å²) in [6.45, 7) is 3.04. The van der Waals surface area contributed by atoms with Crippen LogP contribution in [0.5, 0.6) is 0 Å². The monoisotopic (exact) mass is 357 g/mol. The van der Waals surface area contributed by atoms with Crippen LogP contribution in [-0.4, -0.2) is 38.7 Å². The van der Waals surface area contributed by atoms with Crippen molar-refractivity contribution in [2.45, 2.75) is 26.2 Å². The minimum absolute atomic E-state index is 0.158. The van der Waals surface area contributed by atoms with Gasteiger partial charge in [0.25, 0.3) is 11.6 Å². The molecule has 0 bridgehead atoms. The highest BCUT2D eigenvalue weighted by atomic mass is 16.6. The first kappa shape index (κ1) is 17.7. The average molecular weight is 357 g/mol. The number of benzene rings is 1. The number of hydrazine groups is 1. The van der Waals surface area contributed by atoms with E-state index in [1.165, 1.54) is 22.9 Å². The maximum absolute atomic E-state index is 12.5. The molecule has 2 aromatic rings. The van der Waals surface area contributed by atoms with Crippen LogP contribution in [0.1, 0.15) is 35.4 Å². The van der Waals surface area contributed by atoms with Crippen LogP contribution < -0.4 is 10.9 Å². The summed E-state index contributed by atoms with van der Waals surface area (Å²) >= 11 is 0. The molecular weight excluding hydrogens is 338 g/mol. The fourth-order valence-electron chi connectivity index (χ4n) is 2.95. The molecule has 1 aromatic carbocycles. The summed E-state index contributed by atoms with van der Waals surface area (Å²) in [4.78, 5) is 35.5. The van der Waals surface area contributed by atoms with Crippen molar-refractivity contribution in [2.24, 2.45) is 0 Å². The number of amides is 1. The zero-order valence-corrected chi connectivity index (χ0v) is 14.3. The maximum Gasteiger partial charge on any atom is 0.294 e. The molecule has 1 saturated heterocycles. The fourth-order valence-corrected chi connectivity index (χ4v) is 2.95. The van der Waals surface area contributed by atoms with Crippen LogP contribution in [0.4, 0.5) is 5.69 Å². The number of hydrogen-bond donors (Lipinski definition) is 1. The first-order chi connectivity index (χ1) is 12.5. The molecule has 1 fully saturated rings. The number of nitro benzene ring substituents is 1. The molecule has 26 heavy (non-hydrogen) atoms. The Bertz CT molecular complexity index is 902. The van der Waals surface area contributed by atoms with Gasteiger partial charge in [-0.25, -0.2) is 9.69 Å². The van der Waals surface area contributed by atoms with Gasteiger partial charge in [0.2, 0.25) is 5.43 Å². The summed E-state index contributed by atoms with van der Waals surface area (Å²) in [5.41, 5.74) is 2.32. The third-order valence-electron chi connectivity index (χ3n) is 4.24. The summed E-state index contributed by atoms with van der Waals surface area (Å²) in [7, 11) is 0. The summed E-state index contributed by atoms with van der Waals surface area (Å²) in [5.74, 6) is -0.607. The quantitative estimate of drug-likeness (QED) is 0.657. The molecule has 1 aromatic heterocycles. The third-order valence-corrected chi connectivity index (χ3v) is 4.24. The summed E-state index contributed by atoms with van der Waals surface area (Å²) in [6.07, 6.45) is 3.06. The van der Waals surface area contributed by atoms with Crippen molar-refractivity contribution in [3.63, 3.8) is 0 Å². The van der Waals surface area contributed by atoms with Gasteiger partial charge in [0, 0.05) is 30.9 Å². The molecule has 1 N–H and O–H groups in total. The van der Waals surface area contributed by atoms with Crippen LogP contribution in [-0.2, 0) is 0 Å². The van der Waals surface area contributed by atoms with Gasteiger partial charge in [0.15, 0.2) is 5.69 Å². The minimum Gasteiger partial charge on any atom is -0.287 e. The molecule has 3 rings (SSSR count). The lowest BCUT2D eigenvalue weighted by Crippen LogP contribution is -2.46. The van der Waals surface area contributed by atoms with E-state index in [2.05, 4.69) is 10.5 Å². The van der Waals surface area contributed by atoms with Gasteiger partial charge in [-0.2, -0.15) is 5.10 Å². The number of nitro groups is 1. The molecule has 0 atom stereocenters. The van der Waals surface area contributed by atoms with Gasteiger partial charge in [0.05, 0.1) is 4.92 Å². The van der Waals surface area contributed by atoms with E-state index in [0.717, 1.165) is 32.4 Å². The lowest BCUT2D eigenvalue weighted by Gasteiger charge is -2.26. The largest absolute Gasteiger partial charge is 0.294 e. The van der Waals surface area contributed by atoms with Crippen LogP contribution in [0.2, 0.25) is 0 Å². The number of nitrogens with one attached hydrogen (secondary N) is 1. The van der Waals surface area contributed by atoms with Crippen LogP contribution in [0.15, 0.2) is 35.1 Å². The number of carbonyl (C=O) groups excluding carboxylic acids is 1. The van der Waals surface area contributed by atoms with Crippen molar-refractivity contribution >= 4 is 11.6 Å². The van der Waals surface area contributed by atoms with Gasteiger partial charge >= 0.3 is 0 Å². The Morgan fingerprint density at radius 3 is 2.62 bits per heavy atom. The first-order valence-electron chi connectivity index (χ1n) is 8.38. The Kier molecular flexibility index (Phi) is 5.08. The highest BCUT2D eigenvalue weighted by Crippen LogP contribution is 2.22. The summed E-state index contributed by atoms with van der Waals surface area (Å²) in [5, 5.41) is 17.1.